The SMILES string of the molecule is Nc1nc2ncc(/C=C/c3ccc(C(=O)N[C@@H](CCC(=O)O)C(=O)O)cc3)cc2c(=O)[nH]1. The lowest BCUT2D eigenvalue weighted by molar-refractivity contribution is -0.140. The summed E-state index contributed by atoms with van der Waals surface area (Å²) in [7, 11) is 0. The minimum absolute atomic E-state index is 0.0148. The monoisotopic (exact) mass is 437 g/mol. The zero-order valence-electron chi connectivity index (χ0n) is 16.6. The van der Waals surface area contributed by atoms with Gasteiger partial charge in [-0.3, -0.25) is 19.4 Å². The molecule has 32 heavy (non-hydrogen) atoms. The van der Waals surface area contributed by atoms with Crippen LogP contribution < -0.4 is 16.6 Å². The molecule has 11 heteroatoms. The summed E-state index contributed by atoms with van der Waals surface area (Å²) in [6.45, 7) is 0. The van der Waals surface area contributed by atoms with Crippen molar-refractivity contribution in [2.75, 3.05) is 5.73 Å². The zero-order valence-corrected chi connectivity index (χ0v) is 16.6. The van der Waals surface area contributed by atoms with Gasteiger partial charge in [-0.15, -0.1) is 0 Å². The van der Waals surface area contributed by atoms with Crippen LogP contribution in [0.2, 0.25) is 0 Å². The molecule has 0 fully saturated rings. The van der Waals surface area contributed by atoms with Crippen LogP contribution in [0.15, 0.2) is 41.3 Å². The van der Waals surface area contributed by atoms with Gasteiger partial charge in [-0.1, -0.05) is 24.3 Å². The quantitative estimate of drug-likeness (QED) is 0.344. The first-order valence-corrected chi connectivity index (χ1v) is 9.42. The van der Waals surface area contributed by atoms with Gasteiger partial charge in [0.05, 0.1) is 5.39 Å². The molecule has 3 rings (SSSR count). The highest BCUT2D eigenvalue weighted by Crippen LogP contribution is 2.13. The lowest BCUT2D eigenvalue weighted by Gasteiger charge is -2.13. The van der Waals surface area contributed by atoms with E-state index in [2.05, 4.69) is 20.3 Å². The van der Waals surface area contributed by atoms with E-state index in [1.165, 1.54) is 18.3 Å². The maximum Gasteiger partial charge on any atom is 0.326 e. The summed E-state index contributed by atoms with van der Waals surface area (Å²) < 4.78 is 0. The van der Waals surface area contributed by atoms with Gasteiger partial charge >= 0.3 is 11.9 Å². The van der Waals surface area contributed by atoms with Gasteiger partial charge in [0.15, 0.2) is 5.65 Å². The summed E-state index contributed by atoms with van der Waals surface area (Å²) in [6.07, 6.45) is 4.41. The Balaban J connectivity index is 1.70. The van der Waals surface area contributed by atoms with Crippen molar-refractivity contribution in [3.05, 3.63) is 63.6 Å². The van der Waals surface area contributed by atoms with Gasteiger partial charge in [0, 0.05) is 18.2 Å². The third kappa shape index (κ3) is 5.53. The lowest BCUT2D eigenvalue weighted by Crippen LogP contribution is -2.41. The fourth-order valence-electron chi connectivity index (χ4n) is 2.85. The number of aliphatic carboxylic acids is 2. The summed E-state index contributed by atoms with van der Waals surface area (Å²) >= 11 is 0. The number of aromatic nitrogens is 3. The predicted molar refractivity (Wildman–Crippen MR) is 116 cm³/mol. The third-order valence-corrected chi connectivity index (χ3v) is 4.49. The van der Waals surface area contributed by atoms with E-state index in [-0.39, 0.29) is 30.0 Å². The molecule has 164 valence electrons. The van der Waals surface area contributed by atoms with Crippen molar-refractivity contribution < 1.29 is 24.6 Å². The highest BCUT2D eigenvalue weighted by Gasteiger charge is 2.21. The van der Waals surface area contributed by atoms with Gasteiger partial charge in [-0.05, 0) is 35.7 Å². The molecule has 1 atom stereocenters. The summed E-state index contributed by atoms with van der Waals surface area (Å²) in [5, 5.41) is 20.5. The predicted octanol–water partition coefficient (Wildman–Crippen LogP) is 1.12. The third-order valence-electron chi connectivity index (χ3n) is 4.49. The van der Waals surface area contributed by atoms with Gasteiger partial charge in [0.25, 0.3) is 11.5 Å². The Labute approximate surface area is 180 Å². The number of hydrogen-bond donors (Lipinski definition) is 5. The molecule has 0 saturated carbocycles. The first-order valence-electron chi connectivity index (χ1n) is 9.42. The first kappa shape index (κ1) is 22.2. The standard InChI is InChI=1S/C21H19N5O6/c22-21-25-17-14(19(30)26-21)9-12(10-23-17)2-1-11-3-5-13(6-4-11)18(29)24-15(20(31)32)7-8-16(27)28/h1-6,9-10,15H,7-8H2,(H,24,29)(H,27,28)(H,31,32)(H3,22,23,25,26,30)/b2-1+/t15-/m0/s1. The molecule has 6 N–H and O–H groups in total. The van der Waals surface area contributed by atoms with E-state index in [0.717, 1.165) is 5.56 Å². The summed E-state index contributed by atoms with van der Waals surface area (Å²) in [6, 6.07) is 6.66. The number of carboxylic acids is 2. The molecular formula is C21H19N5O6. The van der Waals surface area contributed by atoms with E-state index in [4.69, 9.17) is 15.9 Å². The number of benzene rings is 1. The second-order valence-electron chi connectivity index (χ2n) is 6.84. The van der Waals surface area contributed by atoms with Gasteiger partial charge in [0.1, 0.15) is 6.04 Å². The van der Waals surface area contributed by atoms with Crippen LogP contribution in [0.5, 0.6) is 0 Å². The van der Waals surface area contributed by atoms with E-state index in [9.17, 15) is 19.2 Å². The Morgan fingerprint density at radius 2 is 1.81 bits per heavy atom. The van der Waals surface area contributed by atoms with E-state index < -0.39 is 29.4 Å². The number of anilines is 1. The van der Waals surface area contributed by atoms with Crippen LogP contribution in [0.1, 0.15) is 34.3 Å². The number of hydrogen-bond acceptors (Lipinski definition) is 7. The number of pyridine rings is 1. The molecule has 3 aromatic rings. The van der Waals surface area contributed by atoms with Crippen molar-refractivity contribution in [3.63, 3.8) is 0 Å². The summed E-state index contributed by atoms with van der Waals surface area (Å²) in [5.41, 5.74) is 6.96. The Kier molecular flexibility index (Phi) is 6.59. The Morgan fingerprint density at radius 3 is 2.47 bits per heavy atom. The minimum Gasteiger partial charge on any atom is -0.481 e. The largest absolute Gasteiger partial charge is 0.481 e. The first-order chi connectivity index (χ1) is 15.2. The van der Waals surface area contributed by atoms with Gasteiger partial charge in [0.2, 0.25) is 5.95 Å². The normalized spacial score (nSPS) is 12.0. The van der Waals surface area contributed by atoms with Crippen molar-refractivity contribution in [1.82, 2.24) is 20.3 Å². The maximum atomic E-state index is 12.3. The average molecular weight is 437 g/mol. The molecule has 1 amide bonds. The number of carbonyl (C=O) groups is 3. The van der Waals surface area contributed by atoms with Crippen molar-refractivity contribution in [2.24, 2.45) is 0 Å². The number of carboxylic acid groups (broad SMARTS) is 2. The molecular weight excluding hydrogens is 418 g/mol. The molecule has 0 aliphatic carbocycles. The van der Waals surface area contributed by atoms with Crippen LogP contribution >= 0.6 is 0 Å². The smallest absolute Gasteiger partial charge is 0.326 e. The molecule has 0 saturated heterocycles. The highest BCUT2D eigenvalue weighted by atomic mass is 16.4. The molecule has 0 bridgehead atoms. The molecule has 0 radical (unpaired) electrons. The Bertz CT molecular complexity index is 1270. The molecule has 0 unspecified atom stereocenters. The van der Waals surface area contributed by atoms with Crippen LogP contribution in [0.4, 0.5) is 5.95 Å². The molecule has 0 aliphatic rings. The Morgan fingerprint density at radius 1 is 1.12 bits per heavy atom. The molecule has 0 aliphatic heterocycles. The second kappa shape index (κ2) is 9.51. The van der Waals surface area contributed by atoms with Gasteiger partial charge in [-0.2, -0.15) is 4.98 Å². The Hall–Kier alpha value is -4.54. The number of nitrogens with zero attached hydrogens (tertiary/aromatic N) is 2. The molecule has 0 spiro atoms. The summed E-state index contributed by atoms with van der Waals surface area (Å²) in [4.78, 5) is 56.6. The molecule has 2 heterocycles. The fraction of sp³-hybridized carbons (Fsp3) is 0.143. The number of fused-ring (bicyclic) bond motifs is 1. The zero-order chi connectivity index (χ0) is 23.3. The summed E-state index contributed by atoms with van der Waals surface area (Å²) in [5.74, 6) is -3.09. The van der Waals surface area contributed by atoms with Gasteiger partial charge < -0.3 is 21.3 Å². The van der Waals surface area contributed by atoms with E-state index in [1.807, 2.05) is 0 Å². The number of nitrogens with one attached hydrogen (secondary N) is 2. The fourth-order valence-corrected chi connectivity index (χ4v) is 2.85. The van der Waals surface area contributed by atoms with Gasteiger partial charge in [-0.25, -0.2) is 9.78 Å². The minimum atomic E-state index is -1.31. The van der Waals surface area contributed by atoms with Crippen LogP contribution in [0.3, 0.4) is 0 Å². The van der Waals surface area contributed by atoms with Crippen LogP contribution in [0, 0.1) is 0 Å². The van der Waals surface area contributed by atoms with Crippen molar-refractivity contribution in [2.45, 2.75) is 18.9 Å². The topological polar surface area (TPSA) is 188 Å². The van der Waals surface area contributed by atoms with E-state index >= 15 is 0 Å². The van der Waals surface area contributed by atoms with E-state index in [1.54, 1.807) is 30.4 Å². The highest BCUT2D eigenvalue weighted by molar-refractivity contribution is 5.97. The number of carbonyl (C=O) groups excluding carboxylic acids is 1. The van der Waals surface area contributed by atoms with Crippen molar-refractivity contribution >= 4 is 47.0 Å². The maximum absolute atomic E-state index is 12.3. The van der Waals surface area contributed by atoms with Crippen LogP contribution in [-0.2, 0) is 9.59 Å². The molecule has 11 nitrogen and oxygen atoms in total. The second-order valence-corrected chi connectivity index (χ2v) is 6.84. The van der Waals surface area contributed by atoms with Crippen LogP contribution in [0.25, 0.3) is 23.2 Å². The number of nitrogens with two attached hydrogens (primary N) is 1. The molecule has 1 aromatic carbocycles. The number of nitrogen functional groups attached to an aromatic ring is 1. The number of amides is 1. The number of rotatable bonds is 8. The van der Waals surface area contributed by atoms with Crippen molar-refractivity contribution in [1.29, 1.82) is 0 Å². The van der Waals surface area contributed by atoms with Crippen molar-refractivity contribution in [3.8, 4) is 0 Å². The lowest BCUT2D eigenvalue weighted by atomic mass is 10.1. The van der Waals surface area contributed by atoms with Crippen LogP contribution in [-0.4, -0.2) is 49.1 Å². The average Bonchev–Trinajstić information content (AvgIpc) is 2.75. The number of H-pyrrole nitrogens is 1. The number of aromatic amines is 1. The molecule has 2 aromatic heterocycles. The van der Waals surface area contributed by atoms with E-state index in [0.29, 0.717) is 10.9 Å².